The Labute approximate surface area is 119 Å². The summed E-state index contributed by atoms with van der Waals surface area (Å²) in [5.74, 6) is -0.0936. The smallest absolute Gasteiger partial charge is 0.259 e. The first-order valence-electron chi connectivity index (χ1n) is 7.01. The molecule has 0 bridgehead atoms. The Kier molecular flexibility index (Phi) is 4.23. The molecule has 0 unspecified atom stereocenters. The van der Waals surface area contributed by atoms with Crippen LogP contribution in [0.15, 0.2) is 24.3 Å². The Bertz CT molecular complexity index is 611. The fourth-order valence-corrected chi connectivity index (χ4v) is 2.35. The van der Waals surface area contributed by atoms with Gasteiger partial charge in [-0.2, -0.15) is 5.10 Å². The fraction of sp³-hybridized carbons (Fsp3) is 0.375. The third-order valence-corrected chi connectivity index (χ3v) is 3.53. The second kappa shape index (κ2) is 5.90. The van der Waals surface area contributed by atoms with E-state index in [1.165, 1.54) is 5.56 Å². The normalized spacial score (nSPS) is 10.6. The van der Waals surface area contributed by atoms with Crippen molar-refractivity contribution in [2.24, 2.45) is 0 Å². The van der Waals surface area contributed by atoms with Crippen molar-refractivity contribution in [1.29, 1.82) is 0 Å². The highest BCUT2D eigenvalue weighted by Gasteiger charge is 2.17. The van der Waals surface area contributed by atoms with E-state index in [1.807, 2.05) is 49.7 Å². The highest BCUT2D eigenvalue weighted by atomic mass is 16.1. The summed E-state index contributed by atoms with van der Waals surface area (Å²) < 4.78 is 1.85. The summed E-state index contributed by atoms with van der Waals surface area (Å²) in [7, 11) is 0. The molecule has 1 amide bonds. The number of rotatable bonds is 4. The number of hydrogen-bond acceptors (Lipinski definition) is 2. The maximum Gasteiger partial charge on any atom is 0.259 e. The van der Waals surface area contributed by atoms with E-state index in [0.29, 0.717) is 5.56 Å². The van der Waals surface area contributed by atoms with Crippen LogP contribution < -0.4 is 5.32 Å². The van der Waals surface area contributed by atoms with Gasteiger partial charge in [-0.05, 0) is 44.9 Å². The molecule has 1 aromatic heterocycles. The largest absolute Gasteiger partial charge is 0.322 e. The van der Waals surface area contributed by atoms with Gasteiger partial charge in [-0.25, -0.2) is 0 Å². The van der Waals surface area contributed by atoms with E-state index in [4.69, 9.17) is 0 Å². The highest BCUT2D eigenvalue weighted by molar-refractivity contribution is 6.05. The topological polar surface area (TPSA) is 46.9 Å². The second-order valence-corrected chi connectivity index (χ2v) is 4.87. The Balaban J connectivity index is 2.21. The Morgan fingerprint density at radius 1 is 1.20 bits per heavy atom. The van der Waals surface area contributed by atoms with Gasteiger partial charge >= 0.3 is 0 Å². The first-order chi connectivity index (χ1) is 9.56. The molecule has 2 rings (SSSR count). The number of nitrogens with zero attached hydrogens (tertiary/aromatic N) is 2. The molecule has 0 aliphatic rings. The summed E-state index contributed by atoms with van der Waals surface area (Å²) in [6.07, 6.45) is 0.996. The number of anilines is 1. The molecule has 0 aliphatic heterocycles. The number of aromatic nitrogens is 2. The molecule has 106 valence electrons. The van der Waals surface area contributed by atoms with Gasteiger partial charge in [-0.3, -0.25) is 9.48 Å². The predicted molar refractivity (Wildman–Crippen MR) is 81.1 cm³/mol. The number of carbonyl (C=O) groups excluding carboxylic acids is 1. The summed E-state index contributed by atoms with van der Waals surface area (Å²) in [5, 5.41) is 7.31. The lowest BCUT2D eigenvalue weighted by atomic mass is 10.1. The quantitative estimate of drug-likeness (QED) is 0.927. The molecule has 0 aliphatic carbocycles. The van der Waals surface area contributed by atoms with Gasteiger partial charge in [0.2, 0.25) is 0 Å². The summed E-state index contributed by atoms with van der Waals surface area (Å²) >= 11 is 0. The zero-order valence-electron chi connectivity index (χ0n) is 12.5. The van der Waals surface area contributed by atoms with Gasteiger partial charge in [0.1, 0.15) is 0 Å². The van der Waals surface area contributed by atoms with E-state index in [-0.39, 0.29) is 5.91 Å². The molecular weight excluding hydrogens is 250 g/mol. The zero-order chi connectivity index (χ0) is 14.7. The molecule has 0 atom stereocenters. The van der Waals surface area contributed by atoms with Crippen LogP contribution in [0, 0.1) is 13.8 Å². The Hall–Kier alpha value is -2.10. The molecule has 1 heterocycles. The molecule has 1 aromatic carbocycles. The number of nitrogens with one attached hydrogen (secondary N) is 1. The molecule has 20 heavy (non-hydrogen) atoms. The van der Waals surface area contributed by atoms with E-state index in [9.17, 15) is 4.79 Å². The van der Waals surface area contributed by atoms with Gasteiger partial charge in [-0.1, -0.05) is 19.1 Å². The SMILES string of the molecule is CCc1ccc(NC(=O)c2c(C)nn(CC)c2C)cc1. The summed E-state index contributed by atoms with van der Waals surface area (Å²) in [5.41, 5.74) is 4.43. The van der Waals surface area contributed by atoms with Crippen molar-refractivity contribution in [2.45, 2.75) is 40.7 Å². The van der Waals surface area contributed by atoms with Crippen molar-refractivity contribution in [3.8, 4) is 0 Å². The predicted octanol–water partition coefficient (Wildman–Crippen LogP) is 3.33. The van der Waals surface area contributed by atoms with E-state index < -0.39 is 0 Å². The molecule has 0 fully saturated rings. The van der Waals surface area contributed by atoms with Crippen LogP contribution >= 0.6 is 0 Å². The third kappa shape index (κ3) is 2.74. The van der Waals surface area contributed by atoms with Gasteiger partial charge < -0.3 is 5.32 Å². The molecule has 1 N–H and O–H groups in total. The maximum absolute atomic E-state index is 12.4. The minimum Gasteiger partial charge on any atom is -0.322 e. The van der Waals surface area contributed by atoms with Gasteiger partial charge in [0, 0.05) is 17.9 Å². The minimum atomic E-state index is -0.0936. The van der Waals surface area contributed by atoms with E-state index in [2.05, 4.69) is 17.3 Å². The van der Waals surface area contributed by atoms with Crippen molar-refractivity contribution in [3.05, 3.63) is 46.8 Å². The number of amides is 1. The first kappa shape index (κ1) is 14.3. The standard InChI is InChI=1S/C16H21N3O/c1-5-13-7-9-14(10-8-13)17-16(20)15-11(3)18-19(6-2)12(15)4/h7-10H,5-6H2,1-4H3,(H,17,20). The minimum absolute atomic E-state index is 0.0936. The summed E-state index contributed by atoms with van der Waals surface area (Å²) in [6, 6.07) is 7.94. The van der Waals surface area contributed by atoms with Crippen molar-refractivity contribution in [1.82, 2.24) is 9.78 Å². The molecule has 0 radical (unpaired) electrons. The van der Waals surface area contributed by atoms with Gasteiger partial charge in [-0.15, -0.1) is 0 Å². The molecule has 4 heteroatoms. The van der Waals surface area contributed by atoms with Crippen molar-refractivity contribution >= 4 is 11.6 Å². The van der Waals surface area contributed by atoms with Crippen LogP contribution in [-0.4, -0.2) is 15.7 Å². The van der Waals surface area contributed by atoms with E-state index in [0.717, 1.165) is 30.0 Å². The van der Waals surface area contributed by atoms with Crippen LogP contribution in [0.2, 0.25) is 0 Å². The molecular formula is C16H21N3O. The summed E-state index contributed by atoms with van der Waals surface area (Å²) in [6.45, 7) is 8.70. The van der Waals surface area contributed by atoms with Crippen LogP contribution in [-0.2, 0) is 13.0 Å². The maximum atomic E-state index is 12.4. The van der Waals surface area contributed by atoms with E-state index in [1.54, 1.807) is 0 Å². The lowest BCUT2D eigenvalue weighted by Crippen LogP contribution is -2.14. The Morgan fingerprint density at radius 3 is 2.35 bits per heavy atom. The number of aryl methyl sites for hydroxylation is 3. The average Bonchev–Trinajstić information content (AvgIpc) is 2.74. The Morgan fingerprint density at radius 2 is 1.85 bits per heavy atom. The molecule has 0 saturated carbocycles. The first-order valence-corrected chi connectivity index (χ1v) is 7.01. The summed E-state index contributed by atoms with van der Waals surface area (Å²) in [4.78, 5) is 12.4. The molecule has 0 saturated heterocycles. The monoisotopic (exact) mass is 271 g/mol. The number of hydrogen-bond donors (Lipinski definition) is 1. The third-order valence-electron chi connectivity index (χ3n) is 3.53. The van der Waals surface area contributed by atoms with Crippen molar-refractivity contribution in [3.63, 3.8) is 0 Å². The lowest BCUT2D eigenvalue weighted by Gasteiger charge is -2.06. The van der Waals surface area contributed by atoms with Gasteiger partial charge in [0.15, 0.2) is 0 Å². The van der Waals surface area contributed by atoms with Gasteiger partial charge in [0.05, 0.1) is 11.3 Å². The van der Waals surface area contributed by atoms with Crippen molar-refractivity contribution in [2.75, 3.05) is 5.32 Å². The van der Waals surface area contributed by atoms with Crippen LogP contribution in [0.1, 0.15) is 41.2 Å². The lowest BCUT2D eigenvalue weighted by molar-refractivity contribution is 0.102. The molecule has 4 nitrogen and oxygen atoms in total. The van der Waals surface area contributed by atoms with E-state index >= 15 is 0 Å². The van der Waals surface area contributed by atoms with Crippen LogP contribution in [0.25, 0.3) is 0 Å². The van der Waals surface area contributed by atoms with Gasteiger partial charge in [0.25, 0.3) is 5.91 Å². The number of carbonyl (C=O) groups is 1. The van der Waals surface area contributed by atoms with Crippen LogP contribution in [0.3, 0.4) is 0 Å². The fourth-order valence-electron chi connectivity index (χ4n) is 2.35. The molecule has 0 spiro atoms. The average molecular weight is 271 g/mol. The zero-order valence-corrected chi connectivity index (χ0v) is 12.5. The molecule has 2 aromatic rings. The number of benzene rings is 1. The van der Waals surface area contributed by atoms with Crippen LogP contribution in [0.5, 0.6) is 0 Å². The second-order valence-electron chi connectivity index (χ2n) is 4.87. The van der Waals surface area contributed by atoms with Crippen LogP contribution in [0.4, 0.5) is 5.69 Å². The highest BCUT2D eigenvalue weighted by Crippen LogP contribution is 2.16. The van der Waals surface area contributed by atoms with Crippen molar-refractivity contribution < 1.29 is 4.79 Å².